The number of carbonyl (C=O) groups excluding carboxylic acids is 1. The summed E-state index contributed by atoms with van der Waals surface area (Å²) in [6.07, 6.45) is 3.60. The van der Waals surface area contributed by atoms with Crippen molar-refractivity contribution in [3.05, 3.63) is 24.0 Å². The summed E-state index contributed by atoms with van der Waals surface area (Å²) in [5.74, 6) is -2.21. The van der Waals surface area contributed by atoms with Crippen molar-refractivity contribution in [1.29, 1.82) is 0 Å². The Bertz CT molecular complexity index is 190. The van der Waals surface area contributed by atoms with Crippen molar-refractivity contribution in [1.82, 2.24) is 0 Å². The van der Waals surface area contributed by atoms with E-state index in [2.05, 4.69) is 0 Å². The zero-order valence-corrected chi connectivity index (χ0v) is 5.02. The maximum absolute atomic E-state index is 9.85. The smallest absolute Gasteiger partial charge is 0.370 e. The van der Waals surface area contributed by atoms with Gasteiger partial charge in [0.15, 0.2) is 0 Å². The number of hydrogen-bond donors (Lipinski definition) is 2. The number of aliphatic hydroxyl groups excluding tert-OH is 1. The average Bonchev–Trinajstić information content (AvgIpc) is 1.88. The van der Waals surface area contributed by atoms with Crippen LogP contribution in [-0.2, 0) is 9.59 Å². The molecule has 0 rings (SSSR count). The number of hydrogen-bond acceptors (Lipinski definition) is 3. The Kier molecular flexibility index (Phi) is 3.63. The second kappa shape index (κ2) is 4.31. The third-order valence-corrected chi connectivity index (χ3v) is 0.663. The highest BCUT2D eigenvalue weighted by molar-refractivity contribution is 5.84. The quantitative estimate of drug-likeness (QED) is 0.256. The standard InChI is InChI=1S/C6H6O4/c7-4-2-1-3-5(8)6(9)10/h1-4,8H,(H,9,10)/b2-1+,5-3-. The summed E-state index contributed by atoms with van der Waals surface area (Å²) in [5, 5.41) is 16.5. The van der Waals surface area contributed by atoms with Gasteiger partial charge >= 0.3 is 5.97 Å². The first-order chi connectivity index (χ1) is 4.68. The molecule has 0 aliphatic heterocycles. The molecule has 0 saturated carbocycles. The molecule has 0 atom stereocenters. The first-order valence-corrected chi connectivity index (χ1v) is 2.43. The third kappa shape index (κ3) is 3.43. The normalized spacial score (nSPS) is 11.8. The van der Waals surface area contributed by atoms with Gasteiger partial charge < -0.3 is 10.2 Å². The van der Waals surface area contributed by atoms with Crippen LogP contribution in [0.1, 0.15) is 0 Å². The summed E-state index contributed by atoms with van der Waals surface area (Å²) in [7, 11) is 0. The summed E-state index contributed by atoms with van der Waals surface area (Å²) < 4.78 is 0. The Morgan fingerprint density at radius 1 is 1.20 bits per heavy atom. The van der Waals surface area contributed by atoms with Crippen LogP contribution in [0, 0.1) is 0 Å². The van der Waals surface area contributed by atoms with Gasteiger partial charge in [-0.3, -0.25) is 4.79 Å². The van der Waals surface area contributed by atoms with E-state index in [1.807, 2.05) is 0 Å². The fraction of sp³-hybridized carbons (Fsp3) is 0. The van der Waals surface area contributed by atoms with Crippen LogP contribution in [0.4, 0.5) is 0 Å². The molecule has 2 N–H and O–H groups in total. The summed E-state index contributed by atoms with van der Waals surface area (Å²) >= 11 is 0. The molecule has 0 aliphatic carbocycles. The Hall–Kier alpha value is -1.58. The number of allylic oxidation sites excluding steroid dienone is 3. The maximum Gasteiger partial charge on any atom is 0.370 e. The minimum absolute atomic E-state index is 0.478. The maximum atomic E-state index is 9.85. The molecule has 10 heavy (non-hydrogen) atoms. The predicted octanol–water partition coefficient (Wildman–Crippen LogP) is 0.268. The molecule has 0 bridgehead atoms. The summed E-state index contributed by atoms with van der Waals surface area (Å²) in [6, 6.07) is 0. The van der Waals surface area contributed by atoms with Gasteiger partial charge in [-0.05, 0) is 12.2 Å². The number of carboxylic acids is 1. The fourth-order valence-electron chi connectivity index (χ4n) is 0.263. The Morgan fingerprint density at radius 2 is 1.80 bits per heavy atom. The highest BCUT2D eigenvalue weighted by Crippen LogP contribution is 1.87. The van der Waals surface area contributed by atoms with Crippen LogP contribution in [0.2, 0.25) is 0 Å². The molecule has 0 amide bonds. The van der Waals surface area contributed by atoms with E-state index >= 15 is 0 Å². The molecular weight excluding hydrogens is 136 g/mol. The van der Waals surface area contributed by atoms with Gasteiger partial charge in [0.25, 0.3) is 0 Å². The van der Waals surface area contributed by atoms with E-state index in [4.69, 9.17) is 10.2 Å². The van der Waals surface area contributed by atoms with Crippen molar-refractivity contribution in [3.63, 3.8) is 0 Å². The second-order valence-corrected chi connectivity index (χ2v) is 1.38. The second-order valence-electron chi connectivity index (χ2n) is 1.38. The zero-order valence-electron chi connectivity index (χ0n) is 5.02. The van der Waals surface area contributed by atoms with Crippen LogP contribution in [0.3, 0.4) is 0 Å². The van der Waals surface area contributed by atoms with Crippen LogP contribution in [0.15, 0.2) is 24.0 Å². The molecule has 0 aliphatic rings. The van der Waals surface area contributed by atoms with Gasteiger partial charge in [0.1, 0.15) is 6.29 Å². The largest absolute Gasteiger partial charge is 0.502 e. The summed E-state index contributed by atoms with van der Waals surface area (Å²) in [5.41, 5.74) is 0. The highest BCUT2D eigenvalue weighted by atomic mass is 16.4. The van der Waals surface area contributed by atoms with Gasteiger partial charge in [-0.2, -0.15) is 0 Å². The van der Waals surface area contributed by atoms with Crippen LogP contribution in [-0.4, -0.2) is 22.5 Å². The van der Waals surface area contributed by atoms with Crippen molar-refractivity contribution >= 4 is 12.3 Å². The molecule has 4 nitrogen and oxygen atoms in total. The van der Waals surface area contributed by atoms with E-state index in [-0.39, 0.29) is 0 Å². The molecule has 0 saturated heterocycles. The number of aliphatic hydroxyl groups is 1. The molecule has 0 aromatic rings. The van der Waals surface area contributed by atoms with E-state index < -0.39 is 11.7 Å². The number of aliphatic carboxylic acids is 1. The lowest BCUT2D eigenvalue weighted by atomic mass is 10.4. The number of rotatable bonds is 3. The topological polar surface area (TPSA) is 74.6 Å². The third-order valence-electron chi connectivity index (χ3n) is 0.663. The van der Waals surface area contributed by atoms with Crippen molar-refractivity contribution in [2.24, 2.45) is 0 Å². The lowest BCUT2D eigenvalue weighted by molar-refractivity contribution is -0.135. The Morgan fingerprint density at radius 3 is 2.20 bits per heavy atom. The first kappa shape index (κ1) is 8.42. The van der Waals surface area contributed by atoms with Crippen LogP contribution >= 0.6 is 0 Å². The van der Waals surface area contributed by atoms with E-state index in [9.17, 15) is 9.59 Å². The highest BCUT2D eigenvalue weighted by Gasteiger charge is 1.99. The van der Waals surface area contributed by atoms with Crippen LogP contribution < -0.4 is 0 Å². The van der Waals surface area contributed by atoms with Gasteiger partial charge in [0.2, 0.25) is 5.76 Å². The number of carboxylic acid groups (broad SMARTS) is 1. The summed E-state index contributed by atoms with van der Waals surface area (Å²) in [4.78, 5) is 19.5. The van der Waals surface area contributed by atoms with Crippen molar-refractivity contribution in [3.8, 4) is 0 Å². The molecule has 0 radical (unpaired) electrons. The van der Waals surface area contributed by atoms with E-state index in [1.54, 1.807) is 0 Å². The number of aldehydes is 1. The van der Waals surface area contributed by atoms with Gasteiger partial charge in [-0.15, -0.1) is 0 Å². The molecule has 0 aromatic carbocycles. The average molecular weight is 142 g/mol. The molecule has 0 unspecified atom stereocenters. The molecule has 0 aromatic heterocycles. The van der Waals surface area contributed by atoms with Crippen LogP contribution in [0.25, 0.3) is 0 Å². The van der Waals surface area contributed by atoms with E-state index in [1.165, 1.54) is 0 Å². The molecule has 0 heterocycles. The predicted molar refractivity (Wildman–Crippen MR) is 33.6 cm³/mol. The molecule has 0 fully saturated rings. The first-order valence-electron chi connectivity index (χ1n) is 2.43. The lowest BCUT2D eigenvalue weighted by Gasteiger charge is -1.84. The van der Waals surface area contributed by atoms with Crippen LogP contribution in [0.5, 0.6) is 0 Å². The van der Waals surface area contributed by atoms with Gasteiger partial charge in [-0.1, -0.05) is 6.08 Å². The van der Waals surface area contributed by atoms with Gasteiger partial charge in [0, 0.05) is 0 Å². The van der Waals surface area contributed by atoms with Gasteiger partial charge in [0.05, 0.1) is 0 Å². The van der Waals surface area contributed by atoms with Crippen molar-refractivity contribution in [2.45, 2.75) is 0 Å². The fourth-order valence-corrected chi connectivity index (χ4v) is 0.263. The monoisotopic (exact) mass is 142 g/mol. The Labute approximate surface area is 57.1 Å². The zero-order chi connectivity index (χ0) is 7.98. The SMILES string of the molecule is O=C/C=C/C=C(\O)C(=O)O. The molecular formula is C6H6O4. The minimum Gasteiger partial charge on any atom is -0.502 e. The van der Waals surface area contributed by atoms with E-state index in [0.717, 1.165) is 18.2 Å². The molecule has 54 valence electrons. The van der Waals surface area contributed by atoms with Crippen molar-refractivity contribution in [2.75, 3.05) is 0 Å². The summed E-state index contributed by atoms with van der Waals surface area (Å²) in [6.45, 7) is 0. The minimum atomic E-state index is -1.42. The Balaban J connectivity index is 4.04. The van der Waals surface area contributed by atoms with E-state index in [0.29, 0.717) is 6.29 Å². The molecule has 4 heteroatoms. The van der Waals surface area contributed by atoms with Crippen molar-refractivity contribution < 1.29 is 19.8 Å². The number of carbonyl (C=O) groups is 2. The lowest BCUT2D eigenvalue weighted by Crippen LogP contribution is -1.97. The molecule has 0 spiro atoms. The van der Waals surface area contributed by atoms with Gasteiger partial charge in [-0.25, -0.2) is 4.79 Å².